The first-order valence-electron chi connectivity index (χ1n) is 10.8. The molecule has 0 aromatic rings. The van der Waals surface area contributed by atoms with E-state index in [4.69, 9.17) is 25.8 Å². The van der Waals surface area contributed by atoms with Crippen molar-refractivity contribution in [2.24, 2.45) is 17.3 Å². The number of esters is 3. The molecule has 1 saturated heterocycles. The van der Waals surface area contributed by atoms with Gasteiger partial charge in [0.2, 0.25) is 0 Å². The summed E-state index contributed by atoms with van der Waals surface area (Å²) in [6.45, 7) is 10.4. The van der Waals surface area contributed by atoms with Crippen molar-refractivity contribution in [2.75, 3.05) is 0 Å². The van der Waals surface area contributed by atoms with Crippen LogP contribution in [0.15, 0.2) is 36.5 Å². The number of halogens is 1. The van der Waals surface area contributed by atoms with Gasteiger partial charge in [-0.05, 0) is 31.6 Å². The third-order valence-corrected chi connectivity index (χ3v) is 7.69. The molecule has 9 nitrogen and oxygen atoms in total. The molecule has 3 rings (SSSR count). The van der Waals surface area contributed by atoms with E-state index in [1.165, 1.54) is 39.0 Å². The maximum Gasteiger partial charge on any atom is 0.312 e. The standard InChI is InChI=1S/C24H29ClO9/c1-11-7-8-16(32-13(3)26)22(5)10-9-15(28)23(6,30)18(22)20(33-14(4)27)24(31)12(2)21(29)34-19(24)17(11)25/h7-10,12,16-20,30-31H,1H2,2-6H3/b8-7-/t12-,16+,17-,18+,19-,20-,22+,23+,24-/m0/s1. The SMILES string of the molecule is C=C1/C=C\[C@@H](OC(C)=O)[C@@]2(C)C=CC(=O)[C@@](C)(O)[C@@H]2[C@H](OC(C)=O)[C@]2(O)[C@@H](C)C(=O)O[C@H]2[C@H]1Cl. The van der Waals surface area contributed by atoms with Crippen LogP contribution in [-0.2, 0) is 33.4 Å². The summed E-state index contributed by atoms with van der Waals surface area (Å²) in [6, 6.07) is 0. The third kappa shape index (κ3) is 3.89. The highest BCUT2D eigenvalue weighted by Crippen LogP contribution is 2.54. The molecular weight excluding hydrogens is 468 g/mol. The number of allylic oxidation sites excluding steroid dienone is 1. The average Bonchev–Trinajstić information content (AvgIpc) is 2.96. The quantitative estimate of drug-likeness (QED) is 0.330. The summed E-state index contributed by atoms with van der Waals surface area (Å²) < 4.78 is 16.6. The summed E-state index contributed by atoms with van der Waals surface area (Å²) in [5.41, 5.74) is -5.65. The van der Waals surface area contributed by atoms with Gasteiger partial charge in [-0.25, -0.2) is 0 Å². The fourth-order valence-corrected chi connectivity index (χ4v) is 5.62. The molecule has 0 saturated carbocycles. The Bertz CT molecular complexity index is 998. The van der Waals surface area contributed by atoms with Crippen molar-refractivity contribution in [2.45, 2.75) is 69.5 Å². The summed E-state index contributed by atoms with van der Waals surface area (Å²) in [5, 5.41) is 22.4. The summed E-state index contributed by atoms with van der Waals surface area (Å²) in [5.74, 6) is -5.67. The fraction of sp³-hybridized carbons (Fsp3) is 0.583. The monoisotopic (exact) mass is 496 g/mol. The lowest BCUT2D eigenvalue weighted by Crippen LogP contribution is -2.69. The van der Waals surface area contributed by atoms with E-state index in [9.17, 15) is 29.4 Å². The first kappa shape index (κ1) is 26.1. The zero-order chi connectivity index (χ0) is 25.8. The first-order valence-corrected chi connectivity index (χ1v) is 11.3. The second kappa shape index (κ2) is 8.62. The summed E-state index contributed by atoms with van der Waals surface area (Å²) in [4.78, 5) is 49.8. The van der Waals surface area contributed by atoms with Gasteiger partial charge in [0.1, 0.15) is 17.8 Å². The van der Waals surface area contributed by atoms with Crippen LogP contribution in [0, 0.1) is 17.3 Å². The normalized spacial score (nSPS) is 45.0. The largest absolute Gasteiger partial charge is 0.459 e. The Hall–Kier alpha value is -2.49. The van der Waals surface area contributed by atoms with Crippen molar-refractivity contribution >= 4 is 35.3 Å². The zero-order valence-corrected chi connectivity index (χ0v) is 20.4. The second-order valence-corrected chi connectivity index (χ2v) is 10.0. The first-order chi connectivity index (χ1) is 15.6. The van der Waals surface area contributed by atoms with Gasteiger partial charge < -0.3 is 24.4 Å². The molecule has 1 heterocycles. The van der Waals surface area contributed by atoms with Gasteiger partial charge in [0, 0.05) is 25.2 Å². The molecule has 9 atom stereocenters. The van der Waals surface area contributed by atoms with Crippen LogP contribution in [0.2, 0.25) is 0 Å². The highest BCUT2D eigenvalue weighted by Gasteiger charge is 2.70. The number of carbonyl (C=O) groups excluding carboxylic acids is 4. The Balaban J connectivity index is 2.41. The van der Waals surface area contributed by atoms with Crippen LogP contribution in [0.25, 0.3) is 0 Å². The van der Waals surface area contributed by atoms with Crippen LogP contribution in [-0.4, -0.2) is 68.8 Å². The van der Waals surface area contributed by atoms with Crippen LogP contribution in [0.4, 0.5) is 0 Å². The second-order valence-electron chi connectivity index (χ2n) is 9.55. The summed E-state index contributed by atoms with van der Waals surface area (Å²) in [6.07, 6.45) is 1.34. The van der Waals surface area contributed by atoms with Crippen molar-refractivity contribution in [1.82, 2.24) is 0 Å². The van der Waals surface area contributed by atoms with Gasteiger partial charge in [-0.2, -0.15) is 0 Å². The van der Waals surface area contributed by atoms with Crippen LogP contribution in [0.5, 0.6) is 0 Å². The number of hydrogen-bond donors (Lipinski definition) is 2. The van der Waals surface area contributed by atoms with Gasteiger partial charge >= 0.3 is 17.9 Å². The molecule has 2 N–H and O–H groups in total. The Morgan fingerprint density at radius 1 is 1.12 bits per heavy atom. The van der Waals surface area contributed by atoms with Gasteiger partial charge in [0.05, 0.1) is 11.3 Å². The van der Waals surface area contributed by atoms with Crippen LogP contribution in [0.3, 0.4) is 0 Å². The molecule has 3 aliphatic rings. The Labute approximate surface area is 202 Å². The lowest BCUT2D eigenvalue weighted by molar-refractivity contribution is -0.224. The van der Waals surface area contributed by atoms with E-state index in [2.05, 4.69) is 6.58 Å². The van der Waals surface area contributed by atoms with Gasteiger partial charge in [0.15, 0.2) is 17.5 Å². The van der Waals surface area contributed by atoms with Gasteiger partial charge in [-0.15, -0.1) is 11.6 Å². The predicted octanol–water partition coefficient (Wildman–Crippen LogP) is 1.39. The van der Waals surface area contributed by atoms with Crippen molar-refractivity contribution < 1.29 is 43.6 Å². The molecule has 0 amide bonds. The molecule has 1 aliphatic heterocycles. The fourth-order valence-electron chi connectivity index (χ4n) is 5.30. The van der Waals surface area contributed by atoms with Crippen molar-refractivity contribution in [3.63, 3.8) is 0 Å². The van der Waals surface area contributed by atoms with E-state index < -0.39 is 75.8 Å². The molecule has 0 unspecified atom stereocenters. The van der Waals surface area contributed by atoms with Crippen LogP contribution >= 0.6 is 11.6 Å². The topological polar surface area (TPSA) is 136 Å². The minimum atomic E-state index is -2.27. The maximum absolute atomic E-state index is 12.9. The molecule has 1 fully saturated rings. The number of fused-ring (bicyclic) bond motifs is 2. The predicted molar refractivity (Wildman–Crippen MR) is 119 cm³/mol. The van der Waals surface area contributed by atoms with E-state index in [1.54, 1.807) is 6.92 Å². The van der Waals surface area contributed by atoms with E-state index >= 15 is 0 Å². The number of rotatable bonds is 2. The van der Waals surface area contributed by atoms with Gasteiger partial charge in [-0.3, -0.25) is 19.2 Å². The highest BCUT2D eigenvalue weighted by atomic mass is 35.5. The van der Waals surface area contributed by atoms with Gasteiger partial charge in [0.25, 0.3) is 0 Å². The van der Waals surface area contributed by atoms with E-state index in [0.29, 0.717) is 0 Å². The molecule has 0 bridgehead atoms. The van der Waals surface area contributed by atoms with Crippen LogP contribution < -0.4 is 0 Å². The van der Waals surface area contributed by atoms with Crippen molar-refractivity contribution in [3.8, 4) is 0 Å². The van der Waals surface area contributed by atoms with E-state index in [0.717, 1.165) is 13.0 Å². The minimum Gasteiger partial charge on any atom is -0.459 e. The van der Waals surface area contributed by atoms with Crippen LogP contribution in [0.1, 0.15) is 34.6 Å². The molecule has 0 radical (unpaired) electrons. The smallest absolute Gasteiger partial charge is 0.312 e. The Morgan fingerprint density at radius 2 is 1.71 bits per heavy atom. The summed E-state index contributed by atoms with van der Waals surface area (Å²) >= 11 is 6.58. The number of aliphatic hydroxyl groups is 2. The molecule has 0 aromatic carbocycles. The molecule has 2 aliphatic carbocycles. The number of carbonyl (C=O) groups is 4. The minimum absolute atomic E-state index is 0.232. The third-order valence-electron chi connectivity index (χ3n) is 7.18. The molecule has 0 spiro atoms. The number of alkyl halides is 1. The van der Waals surface area contributed by atoms with E-state index in [1.807, 2.05) is 0 Å². The lowest BCUT2D eigenvalue weighted by atomic mass is 9.55. The van der Waals surface area contributed by atoms with Crippen molar-refractivity contribution in [3.05, 3.63) is 36.5 Å². The molecule has 0 aromatic heterocycles. The van der Waals surface area contributed by atoms with E-state index in [-0.39, 0.29) is 5.57 Å². The van der Waals surface area contributed by atoms with Gasteiger partial charge in [-0.1, -0.05) is 25.7 Å². The molecule has 34 heavy (non-hydrogen) atoms. The number of hydrogen-bond acceptors (Lipinski definition) is 9. The number of ether oxygens (including phenoxy) is 3. The number of ketones is 1. The average molecular weight is 497 g/mol. The summed E-state index contributed by atoms with van der Waals surface area (Å²) in [7, 11) is 0. The molecule has 10 heteroatoms. The maximum atomic E-state index is 12.9. The molecule has 186 valence electrons. The molecular formula is C24H29ClO9. The zero-order valence-electron chi connectivity index (χ0n) is 19.6. The Kier molecular flexibility index (Phi) is 6.62. The highest BCUT2D eigenvalue weighted by molar-refractivity contribution is 6.23. The lowest BCUT2D eigenvalue weighted by Gasteiger charge is -2.54. The Morgan fingerprint density at radius 3 is 2.26 bits per heavy atom. The van der Waals surface area contributed by atoms with Crippen molar-refractivity contribution in [1.29, 1.82) is 0 Å².